The molecule has 0 aromatic heterocycles. The van der Waals surface area contributed by atoms with Crippen molar-refractivity contribution in [3.63, 3.8) is 0 Å². The number of benzene rings is 1. The van der Waals surface area contributed by atoms with Gasteiger partial charge in [-0.2, -0.15) is 0 Å². The van der Waals surface area contributed by atoms with Gasteiger partial charge in [0.2, 0.25) is 11.8 Å². The number of amides is 2. The zero-order chi connectivity index (χ0) is 16.8. The van der Waals surface area contributed by atoms with E-state index >= 15 is 0 Å². The molecule has 1 aromatic carbocycles. The molecule has 0 saturated carbocycles. The molecule has 0 spiro atoms. The van der Waals surface area contributed by atoms with E-state index in [1.165, 1.54) is 0 Å². The van der Waals surface area contributed by atoms with Crippen LogP contribution < -0.4 is 5.32 Å². The van der Waals surface area contributed by atoms with Gasteiger partial charge in [-0.1, -0.05) is 23.7 Å². The Bertz CT molecular complexity index is 563. The van der Waals surface area contributed by atoms with E-state index in [0.29, 0.717) is 30.8 Å². The Hall–Kier alpha value is -1.59. The van der Waals surface area contributed by atoms with Crippen molar-refractivity contribution in [2.75, 3.05) is 33.7 Å². The summed E-state index contributed by atoms with van der Waals surface area (Å²) in [5, 5.41) is 4.01. The number of nitrogens with zero attached hydrogens (tertiary/aromatic N) is 2. The molecule has 0 aliphatic carbocycles. The first-order chi connectivity index (χ1) is 11.0. The molecule has 6 heteroatoms. The second kappa shape index (κ2) is 8.31. The van der Waals surface area contributed by atoms with E-state index in [2.05, 4.69) is 5.32 Å². The molecule has 1 atom stereocenters. The number of halogens is 1. The van der Waals surface area contributed by atoms with Crippen LogP contribution in [0.5, 0.6) is 0 Å². The van der Waals surface area contributed by atoms with E-state index in [1.54, 1.807) is 19.0 Å². The number of hydrogen-bond donors (Lipinski definition) is 1. The summed E-state index contributed by atoms with van der Waals surface area (Å²) < 4.78 is 0. The average molecular weight is 338 g/mol. The second-order valence-electron chi connectivity index (χ2n) is 6.00. The van der Waals surface area contributed by atoms with Gasteiger partial charge in [-0.25, -0.2) is 0 Å². The van der Waals surface area contributed by atoms with Crippen LogP contribution in [0, 0.1) is 0 Å². The van der Waals surface area contributed by atoms with Gasteiger partial charge in [-0.3, -0.25) is 9.59 Å². The van der Waals surface area contributed by atoms with Crippen LogP contribution in [0.3, 0.4) is 0 Å². The first-order valence-corrected chi connectivity index (χ1v) is 8.32. The summed E-state index contributed by atoms with van der Waals surface area (Å²) in [4.78, 5) is 27.6. The van der Waals surface area contributed by atoms with Crippen LogP contribution in [0.2, 0.25) is 5.02 Å². The van der Waals surface area contributed by atoms with Crippen molar-refractivity contribution in [3.05, 3.63) is 34.9 Å². The number of rotatable bonds is 5. The standard InChI is InChI=1S/C17H24ClN3O2/c1-20(2)16(22)7-4-8-17(23)21-10-9-19-12-15(21)13-5-3-6-14(18)11-13/h3,5-6,11,15,19H,4,7-10,12H2,1-2H3. The van der Waals surface area contributed by atoms with Gasteiger partial charge in [0.15, 0.2) is 0 Å². The Morgan fingerprint density at radius 2 is 2.13 bits per heavy atom. The molecule has 0 radical (unpaired) electrons. The van der Waals surface area contributed by atoms with E-state index < -0.39 is 0 Å². The number of hydrogen-bond acceptors (Lipinski definition) is 3. The summed E-state index contributed by atoms with van der Waals surface area (Å²) in [5.41, 5.74) is 1.04. The van der Waals surface area contributed by atoms with Crippen LogP contribution in [0.25, 0.3) is 0 Å². The monoisotopic (exact) mass is 337 g/mol. The van der Waals surface area contributed by atoms with Crippen molar-refractivity contribution in [3.8, 4) is 0 Å². The fourth-order valence-corrected chi connectivity index (χ4v) is 2.97. The van der Waals surface area contributed by atoms with Crippen molar-refractivity contribution in [1.29, 1.82) is 0 Å². The summed E-state index contributed by atoms with van der Waals surface area (Å²) in [6.45, 7) is 2.19. The minimum Gasteiger partial charge on any atom is -0.349 e. The van der Waals surface area contributed by atoms with Gasteiger partial charge >= 0.3 is 0 Å². The summed E-state index contributed by atoms with van der Waals surface area (Å²) >= 11 is 6.07. The van der Waals surface area contributed by atoms with E-state index in [1.807, 2.05) is 29.2 Å². The van der Waals surface area contributed by atoms with Gasteiger partial charge < -0.3 is 15.1 Å². The molecule has 1 aromatic rings. The van der Waals surface area contributed by atoms with Gasteiger partial charge in [0, 0.05) is 51.6 Å². The lowest BCUT2D eigenvalue weighted by molar-refractivity contribution is -0.135. The zero-order valence-corrected chi connectivity index (χ0v) is 14.5. The number of nitrogens with one attached hydrogen (secondary N) is 1. The van der Waals surface area contributed by atoms with Crippen molar-refractivity contribution < 1.29 is 9.59 Å². The van der Waals surface area contributed by atoms with Crippen molar-refractivity contribution in [2.45, 2.75) is 25.3 Å². The minimum atomic E-state index is -0.000463. The molecule has 1 saturated heterocycles. The third-order valence-electron chi connectivity index (χ3n) is 4.08. The Balaban J connectivity index is 1.97. The first kappa shape index (κ1) is 17.8. The van der Waals surface area contributed by atoms with Gasteiger partial charge in [-0.15, -0.1) is 0 Å². The molecule has 1 heterocycles. The molecule has 0 bridgehead atoms. The summed E-state index contributed by atoms with van der Waals surface area (Å²) in [6.07, 6.45) is 1.39. The quantitative estimate of drug-likeness (QED) is 0.895. The largest absolute Gasteiger partial charge is 0.349 e. The molecular weight excluding hydrogens is 314 g/mol. The van der Waals surface area contributed by atoms with Crippen LogP contribution in [0.1, 0.15) is 30.9 Å². The van der Waals surface area contributed by atoms with Crippen LogP contribution in [0.15, 0.2) is 24.3 Å². The molecule has 2 amide bonds. The summed E-state index contributed by atoms with van der Waals surface area (Å²) in [7, 11) is 3.46. The smallest absolute Gasteiger partial charge is 0.223 e. The highest BCUT2D eigenvalue weighted by atomic mass is 35.5. The van der Waals surface area contributed by atoms with E-state index in [4.69, 9.17) is 11.6 Å². The van der Waals surface area contributed by atoms with Crippen LogP contribution >= 0.6 is 11.6 Å². The van der Waals surface area contributed by atoms with Gasteiger partial charge in [0.1, 0.15) is 0 Å². The lowest BCUT2D eigenvalue weighted by Crippen LogP contribution is -2.48. The normalized spacial score (nSPS) is 17.9. The summed E-state index contributed by atoms with van der Waals surface area (Å²) in [6, 6.07) is 7.65. The van der Waals surface area contributed by atoms with Gasteiger partial charge in [0.25, 0.3) is 0 Å². The average Bonchev–Trinajstić information content (AvgIpc) is 2.54. The Labute approximate surface area is 142 Å². The second-order valence-corrected chi connectivity index (χ2v) is 6.44. The number of piperazine rings is 1. The molecule has 1 fully saturated rings. The zero-order valence-electron chi connectivity index (χ0n) is 13.7. The minimum absolute atomic E-state index is 0.000463. The predicted molar refractivity (Wildman–Crippen MR) is 91.3 cm³/mol. The molecule has 23 heavy (non-hydrogen) atoms. The number of carbonyl (C=O) groups excluding carboxylic acids is 2. The summed E-state index contributed by atoms with van der Waals surface area (Å²) in [5.74, 6) is 0.160. The van der Waals surface area contributed by atoms with E-state index in [9.17, 15) is 9.59 Å². The molecule has 1 N–H and O–H groups in total. The fraction of sp³-hybridized carbons (Fsp3) is 0.529. The molecule has 126 valence electrons. The highest BCUT2D eigenvalue weighted by Crippen LogP contribution is 2.25. The Kier molecular flexibility index (Phi) is 6.42. The van der Waals surface area contributed by atoms with E-state index in [-0.39, 0.29) is 17.9 Å². The van der Waals surface area contributed by atoms with Gasteiger partial charge in [0.05, 0.1) is 6.04 Å². The lowest BCUT2D eigenvalue weighted by Gasteiger charge is -2.36. The topological polar surface area (TPSA) is 52.7 Å². The van der Waals surface area contributed by atoms with Crippen LogP contribution in [-0.4, -0.2) is 55.3 Å². The Morgan fingerprint density at radius 3 is 2.83 bits per heavy atom. The third kappa shape index (κ3) is 4.94. The molecule has 2 rings (SSSR count). The van der Waals surface area contributed by atoms with Crippen molar-refractivity contribution in [2.24, 2.45) is 0 Å². The lowest BCUT2D eigenvalue weighted by atomic mass is 10.0. The molecule has 1 aliphatic rings. The van der Waals surface area contributed by atoms with E-state index in [0.717, 1.165) is 18.7 Å². The molecule has 1 unspecified atom stereocenters. The maximum atomic E-state index is 12.6. The molecule has 1 aliphatic heterocycles. The SMILES string of the molecule is CN(C)C(=O)CCCC(=O)N1CCNCC1c1cccc(Cl)c1. The van der Waals surface area contributed by atoms with Crippen LogP contribution in [0.4, 0.5) is 0 Å². The molecule has 5 nitrogen and oxygen atoms in total. The fourth-order valence-electron chi connectivity index (χ4n) is 2.77. The maximum absolute atomic E-state index is 12.6. The number of carbonyl (C=O) groups is 2. The highest BCUT2D eigenvalue weighted by Gasteiger charge is 2.27. The van der Waals surface area contributed by atoms with Crippen LogP contribution in [-0.2, 0) is 9.59 Å². The first-order valence-electron chi connectivity index (χ1n) is 7.95. The van der Waals surface area contributed by atoms with Crippen molar-refractivity contribution >= 4 is 23.4 Å². The molecular formula is C17H24ClN3O2. The highest BCUT2D eigenvalue weighted by molar-refractivity contribution is 6.30. The maximum Gasteiger partial charge on any atom is 0.223 e. The Morgan fingerprint density at radius 1 is 1.35 bits per heavy atom. The van der Waals surface area contributed by atoms with Gasteiger partial charge in [-0.05, 0) is 24.1 Å². The predicted octanol–water partition coefficient (Wildman–Crippen LogP) is 2.07. The third-order valence-corrected chi connectivity index (χ3v) is 4.31. The van der Waals surface area contributed by atoms with Crippen molar-refractivity contribution in [1.82, 2.24) is 15.1 Å².